The highest BCUT2D eigenvalue weighted by molar-refractivity contribution is 5.82. The lowest BCUT2D eigenvalue weighted by Gasteiger charge is -2.06. The first-order chi connectivity index (χ1) is 7.25. The highest BCUT2D eigenvalue weighted by Crippen LogP contribution is 2.16. The van der Waals surface area contributed by atoms with Gasteiger partial charge in [-0.3, -0.25) is 0 Å². The molecule has 0 aromatic heterocycles. The van der Waals surface area contributed by atoms with Crippen molar-refractivity contribution in [3.63, 3.8) is 0 Å². The van der Waals surface area contributed by atoms with Crippen molar-refractivity contribution in [3.8, 4) is 0 Å². The molecule has 76 valence electrons. The molecule has 0 bridgehead atoms. The predicted octanol–water partition coefficient (Wildman–Crippen LogP) is 3.89. The maximum absolute atomic E-state index is 5.38. The average Bonchev–Trinajstić information content (AvgIpc) is 2.26. The summed E-state index contributed by atoms with van der Waals surface area (Å²) in [4.78, 5) is 0. The molecule has 0 amide bonds. The van der Waals surface area contributed by atoms with Crippen molar-refractivity contribution in [2.45, 2.75) is 13.5 Å². The van der Waals surface area contributed by atoms with Crippen LogP contribution in [-0.2, 0) is 11.3 Å². The monoisotopic (exact) mass is 198 g/mol. The summed E-state index contributed by atoms with van der Waals surface area (Å²) in [5.74, 6) is 0.753. The summed E-state index contributed by atoms with van der Waals surface area (Å²) < 4.78 is 5.38. The van der Waals surface area contributed by atoms with Gasteiger partial charge in [0.05, 0.1) is 5.76 Å². The molecular formula is C14H14O. The van der Waals surface area contributed by atoms with Crippen molar-refractivity contribution in [1.29, 1.82) is 0 Å². The van der Waals surface area contributed by atoms with E-state index in [1.807, 2.05) is 19.1 Å². The van der Waals surface area contributed by atoms with Crippen molar-refractivity contribution in [1.82, 2.24) is 0 Å². The number of hydrogen-bond donors (Lipinski definition) is 0. The van der Waals surface area contributed by atoms with Gasteiger partial charge in [-0.05, 0) is 29.3 Å². The van der Waals surface area contributed by atoms with Gasteiger partial charge in [0, 0.05) is 0 Å². The molecule has 1 heteroatoms. The minimum Gasteiger partial charge on any atom is -0.494 e. The van der Waals surface area contributed by atoms with Crippen LogP contribution in [0, 0.1) is 0 Å². The Hall–Kier alpha value is -1.76. The van der Waals surface area contributed by atoms with Gasteiger partial charge in [-0.15, -0.1) is 0 Å². The molecule has 1 nitrogen and oxygen atoms in total. The fourth-order valence-electron chi connectivity index (χ4n) is 1.54. The Morgan fingerprint density at radius 2 is 1.87 bits per heavy atom. The molecule has 0 atom stereocenters. The van der Waals surface area contributed by atoms with Crippen LogP contribution in [0.25, 0.3) is 10.8 Å². The highest BCUT2D eigenvalue weighted by Gasteiger charge is 1.96. The van der Waals surface area contributed by atoms with E-state index in [-0.39, 0.29) is 0 Å². The maximum Gasteiger partial charge on any atom is 0.113 e. The Kier molecular flexibility index (Phi) is 2.72. The SMILES string of the molecule is C=C(C)OCc1ccc2ccccc2c1. The van der Waals surface area contributed by atoms with Gasteiger partial charge in [0.1, 0.15) is 6.61 Å². The fraction of sp³-hybridized carbons (Fsp3) is 0.143. The van der Waals surface area contributed by atoms with Crippen LogP contribution in [0.2, 0.25) is 0 Å². The van der Waals surface area contributed by atoms with Gasteiger partial charge in [0.15, 0.2) is 0 Å². The molecule has 0 heterocycles. The third kappa shape index (κ3) is 2.38. The first-order valence-electron chi connectivity index (χ1n) is 5.02. The van der Waals surface area contributed by atoms with Crippen LogP contribution >= 0.6 is 0 Å². The molecule has 0 saturated heterocycles. The van der Waals surface area contributed by atoms with Crippen LogP contribution in [0.3, 0.4) is 0 Å². The largest absolute Gasteiger partial charge is 0.494 e. The zero-order chi connectivity index (χ0) is 10.7. The molecule has 0 saturated carbocycles. The first kappa shape index (κ1) is 9.78. The Bertz CT molecular complexity index is 485. The van der Waals surface area contributed by atoms with Gasteiger partial charge >= 0.3 is 0 Å². The van der Waals surface area contributed by atoms with Gasteiger partial charge in [-0.1, -0.05) is 43.0 Å². The summed E-state index contributed by atoms with van der Waals surface area (Å²) in [6.07, 6.45) is 0. The van der Waals surface area contributed by atoms with Crippen LogP contribution in [0.5, 0.6) is 0 Å². The highest BCUT2D eigenvalue weighted by atomic mass is 16.5. The summed E-state index contributed by atoms with van der Waals surface area (Å²) in [6.45, 7) is 6.17. The van der Waals surface area contributed by atoms with Crippen molar-refractivity contribution >= 4 is 10.8 Å². The summed E-state index contributed by atoms with van der Waals surface area (Å²) in [7, 11) is 0. The molecule has 0 aliphatic rings. The first-order valence-corrected chi connectivity index (χ1v) is 5.02. The van der Waals surface area contributed by atoms with E-state index in [1.165, 1.54) is 16.3 Å². The molecule has 15 heavy (non-hydrogen) atoms. The number of fused-ring (bicyclic) bond motifs is 1. The second-order valence-corrected chi connectivity index (χ2v) is 3.67. The topological polar surface area (TPSA) is 9.23 Å². The Morgan fingerprint density at radius 3 is 2.60 bits per heavy atom. The summed E-state index contributed by atoms with van der Waals surface area (Å²) in [5, 5.41) is 2.51. The molecular weight excluding hydrogens is 184 g/mol. The molecule has 0 aliphatic carbocycles. The molecule has 2 aromatic rings. The summed E-state index contributed by atoms with van der Waals surface area (Å²) >= 11 is 0. The van der Waals surface area contributed by atoms with E-state index in [9.17, 15) is 0 Å². The van der Waals surface area contributed by atoms with E-state index in [1.54, 1.807) is 0 Å². The normalized spacial score (nSPS) is 10.2. The van der Waals surface area contributed by atoms with Gasteiger partial charge in [0.2, 0.25) is 0 Å². The standard InChI is InChI=1S/C14H14O/c1-11(2)15-10-12-7-8-13-5-3-4-6-14(13)9-12/h3-9H,1,10H2,2H3. The minimum absolute atomic E-state index is 0.597. The van der Waals surface area contributed by atoms with Crippen LogP contribution in [0.15, 0.2) is 54.8 Å². The van der Waals surface area contributed by atoms with E-state index >= 15 is 0 Å². The number of ether oxygens (including phenoxy) is 1. The van der Waals surface area contributed by atoms with Crippen LogP contribution in [-0.4, -0.2) is 0 Å². The fourth-order valence-corrected chi connectivity index (χ4v) is 1.54. The third-order valence-corrected chi connectivity index (χ3v) is 2.30. The molecule has 0 N–H and O–H groups in total. The zero-order valence-electron chi connectivity index (χ0n) is 8.86. The number of benzene rings is 2. The molecule has 2 aromatic carbocycles. The van der Waals surface area contributed by atoms with Gasteiger partial charge in [-0.25, -0.2) is 0 Å². The van der Waals surface area contributed by atoms with Crippen LogP contribution < -0.4 is 0 Å². The number of allylic oxidation sites excluding steroid dienone is 1. The molecule has 0 unspecified atom stereocenters. The third-order valence-electron chi connectivity index (χ3n) is 2.30. The van der Waals surface area contributed by atoms with E-state index in [0.717, 1.165) is 5.76 Å². The summed E-state index contributed by atoms with van der Waals surface area (Å²) in [6, 6.07) is 14.7. The Morgan fingerprint density at radius 1 is 1.13 bits per heavy atom. The molecule has 0 aliphatic heterocycles. The maximum atomic E-state index is 5.38. The molecule has 0 spiro atoms. The predicted molar refractivity (Wildman–Crippen MR) is 63.6 cm³/mol. The van der Waals surface area contributed by atoms with Crippen molar-refractivity contribution in [2.75, 3.05) is 0 Å². The number of hydrogen-bond acceptors (Lipinski definition) is 1. The lowest BCUT2D eigenvalue weighted by atomic mass is 10.1. The van der Waals surface area contributed by atoms with Crippen LogP contribution in [0.4, 0.5) is 0 Å². The Labute approximate surface area is 90.0 Å². The van der Waals surface area contributed by atoms with Crippen molar-refractivity contribution in [3.05, 3.63) is 60.4 Å². The van der Waals surface area contributed by atoms with Crippen LogP contribution in [0.1, 0.15) is 12.5 Å². The Balaban J connectivity index is 2.26. The minimum atomic E-state index is 0.597. The lowest BCUT2D eigenvalue weighted by Crippen LogP contribution is -1.89. The van der Waals surface area contributed by atoms with Crippen molar-refractivity contribution in [2.24, 2.45) is 0 Å². The number of rotatable bonds is 3. The lowest BCUT2D eigenvalue weighted by molar-refractivity contribution is 0.202. The van der Waals surface area contributed by atoms with Gasteiger partial charge in [0.25, 0.3) is 0 Å². The van der Waals surface area contributed by atoms with E-state index in [0.29, 0.717) is 6.61 Å². The molecule has 0 fully saturated rings. The zero-order valence-corrected chi connectivity index (χ0v) is 8.86. The van der Waals surface area contributed by atoms with Gasteiger partial charge in [-0.2, -0.15) is 0 Å². The van der Waals surface area contributed by atoms with Gasteiger partial charge < -0.3 is 4.74 Å². The molecule has 0 radical (unpaired) electrons. The van der Waals surface area contributed by atoms with Crippen molar-refractivity contribution < 1.29 is 4.74 Å². The average molecular weight is 198 g/mol. The molecule has 2 rings (SSSR count). The quantitative estimate of drug-likeness (QED) is 0.680. The second kappa shape index (κ2) is 4.18. The summed E-state index contributed by atoms with van der Waals surface area (Å²) in [5.41, 5.74) is 1.18. The smallest absolute Gasteiger partial charge is 0.113 e. The van der Waals surface area contributed by atoms with E-state index in [4.69, 9.17) is 4.74 Å². The second-order valence-electron chi connectivity index (χ2n) is 3.67. The van der Waals surface area contributed by atoms with E-state index in [2.05, 4.69) is 36.9 Å². The van der Waals surface area contributed by atoms with E-state index < -0.39 is 0 Å².